The Kier molecular flexibility index (Phi) is 11.0. The summed E-state index contributed by atoms with van der Waals surface area (Å²) in [4.78, 5) is 23.4. The van der Waals surface area contributed by atoms with E-state index in [1.807, 2.05) is 0 Å². The molecule has 7 heteroatoms. The van der Waals surface area contributed by atoms with Gasteiger partial charge < -0.3 is 18.9 Å². The number of hydrogen-bond acceptors (Lipinski definition) is 6. The highest BCUT2D eigenvalue weighted by atomic mass is 19.1. The van der Waals surface area contributed by atoms with Crippen LogP contribution < -0.4 is 14.2 Å². The van der Waals surface area contributed by atoms with Crippen molar-refractivity contribution in [3.8, 4) is 29.1 Å². The van der Waals surface area contributed by atoms with Crippen molar-refractivity contribution in [1.29, 1.82) is 0 Å². The van der Waals surface area contributed by atoms with Gasteiger partial charge in [-0.05, 0) is 86.3 Å². The number of methoxy groups -OCH3 is 1. The second kappa shape index (κ2) is 14.9. The topological polar surface area (TPSA) is 71.1 Å². The molecule has 0 radical (unpaired) electrons. The number of hydrogen-bond donors (Lipinski definition) is 0. The average Bonchev–Trinajstić information content (AvgIpc) is 2.94. The molecule has 196 valence electrons. The SMILES string of the molecule is C=CC(=O)OCCCCCCOc1ccc(C(=O)Oc2ccc(C#Cc3ccc(OC)cc3)c(F)c2)cc1. The Bertz CT molecular complexity index is 1290. The third-order valence-corrected chi connectivity index (χ3v) is 5.39. The minimum absolute atomic E-state index is 0.0853. The minimum atomic E-state index is -0.606. The normalized spacial score (nSPS) is 10.1. The van der Waals surface area contributed by atoms with Crippen LogP contribution in [-0.2, 0) is 9.53 Å². The maximum atomic E-state index is 14.5. The molecule has 0 aromatic heterocycles. The van der Waals surface area contributed by atoms with Gasteiger partial charge in [0.2, 0.25) is 0 Å². The molecule has 0 atom stereocenters. The summed E-state index contributed by atoms with van der Waals surface area (Å²) in [5, 5.41) is 0. The first kappa shape index (κ1) is 28.0. The van der Waals surface area contributed by atoms with Crippen LogP contribution in [0.25, 0.3) is 0 Å². The zero-order valence-electron chi connectivity index (χ0n) is 21.2. The van der Waals surface area contributed by atoms with E-state index in [0.717, 1.165) is 43.4 Å². The summed E-state index contributed by atoms with van der Waals surface area (Å²) < 4.78 is 35.5. The van der Waals surface area contributed by atoms with E-state index in [2.05, 4.69) is 18.4 Å². The molecule has 0 aliphatic carbocycles. The van der Waals surface area contributed by atoms with Crippen molar-refractivity contribution >= 4 is 11.9 Å². The molecular weight excluding hydrogens is 487 g/mol. The van der Waals surface area contributed by atoms with Gasteiger partial charge >= 0.3 is 11.9 Å². The van der Waals surface area contributed by atoms with E-state index in [-0.39, 0.29) is 11.3 Å². The molecule has 38 heavy (non-hydrogen) atoms. The fraction of sp³-hybridized carbons (Fsp3) is 0.226. The number of rotatable bonds is 12. The molecule has 0 saturated carbocycles. The summed E-state index contributed by atoms with van der Waals surface area (Å²) in [5.41, 5.74) is 1.23. The molecule has 0 heterocycles. The van der Waals surface area contributed by atoms with Gasteiger partial charge in [0.05, 0.1) is 31.5 Å². The van der Waals surface area contributed by atoms with E-state index in [1.54, 1.807) is 55.6 Å². The molecule has 0 fully saturated rings. The first-order valence-electron chi connectivity index (χ1n) is 12.2. The van der Waals surface area contributed by atoms with Crippen molar-refractivity contribution in [3.63, 3.8) is 0 Å². The lowest BCUT2D eigenvalue weighted by atomic mass is 10.1. The van der Waals surface area contributed by atoms with Gasteiger partial charge in [0, 0.05) is 17.7 Å². The lowest BCUT2D eigenvalue weighted by Gasteiger charge is -2.08. The zero-order chi connectivity index (χ0) is 27.2. The van der Waals surface area contributed by atoms with Crippen molar-refractivity contribution in [2.75, 3.05) is 20.3 Å². The zero-order valence-corrected chi connectivity index (χ0v) is 21.2. The monoisotopic (exact) mass is 516 g/mol. The highest BCUT2D eigenvalue weighted by Crippen LogP contribution is 2.19. The van der Waals surface area contributed by atoms with E-state index in [1.165, 1.54) is 12.1 Å². The highest BCUT2D eigenvalue weighted by molar-refractivity contribution is 5.91. The molecule has 3 aromatic carbocycles. The molecule has 0 spiro atoms. The summed E-state index contributed by atoms with van der Waals surface area (Å²) in [5.74, 6) is 5.51. The standard InChI is InChI=1S/C31H29FO6/c1-3-30(33)37-21-7-5-4-6-20-36-27-17-13-25(14-18-27)31(34)38-28-19-12-24(29(32)22-28)11-8-23-9-15-26(35-2)16-10-23/h3,9-10,12-19,22H,1,4-7,20-21H2,2H3. The lowest BCUT2D eigenvalue weighted by molar-refractivity contribution is -0.137. The van der Waals surface area contributed by atoms with Gasteiger partial charge in [-0.2, -0.15) is 0 Å². The number of ether oxygens (including phenoxy) is 4. The van der Waals surface area contributed by atoms with Crippen molar-refractivity contribution in [2.45, 2.75) is 25.7 Å². The van der Waals surface area contributed by atoms with Gasteiger partial charge in [-0.15, -0.1) is 0 Å². The van der Waals surface area contributed by atoms with Crippen LogP contribution in [0.1, 0.15) is 47.2 Å². The number of esters is 2. The number of carbonyl (C=O) groups is 2. The molecule has 6 nitrogen and oxygen atoms in total. The number of benzene rings is 3. The van der Waals surface area contributed by atoms with Gasteiger partial charge in [-0.3, -0.25) is 0 Å². The van der Waals surface area contributed by atoms with Crippen LogP contribution >= 0.6 is 0 Å². The Morgan fingerprint density at radius 1 is 0.842 bits per heavy atom. The molecule has 0 unspecified atom stereocenters. The Hall–Kier alpha value is -4.57. The minimum Gasteiger partial charge on any atom is -0.497 e. The van der Waals surface area contributed by atoms with Crippen LogP contribution in [0, 0.1) is 17.7 Å². The summed E-state index contributed by atoms with van der Waals surface area (Å²) in [6.07, 6.45) is 4.66. The van der Waals surface area contributed by atoms with E-state index in [9.17, 15) is 14.0 Å². The highest BCUT2D eigenvalue weighted by Gasteiger charge is 2.11. The van der Waals surface area contributed by atoms with Crippen LogP contribution in [0.4, 0.5) is 4.39 Å². The van der Waals surface area contributed by atoms with E-state index < -0.39 is 17.8 Å². The predicted octanol–water partition coefficient (Wildman–Crippen LogP) is 6.12. The van der Waals surface area contributed by atoms with Crippen LogP contribution in [0.3, 0.4) is 0 Å². The predicted molar refractivity (Wildman–Crippen MR) is 142 cm³/mol. The molecule has 0 amide bonds. The smallest absolute Gasteiger partial charge is 0.343 e. The Labute approximate surface area is 222 Å². The quantitative estimate of drug-likeness (QED) is 0.0950. The van der Waals surface area contributed by atoms with E-state index in [4.69, 9.17) is 18.9 Å². The van der Waals surface area contributed by atoms with Gasteiger partial charge in [0.1, 0.15) is 23.1 Å². The summed E-state index contributed by atoms with van der Waals surface area (Å²) in [7, 11) is 1.58. The fourth-order valence-electron chi connectivity index (χ4n) is 3.31. The van der Waals surface area contributed by atoms with E-state index in [0.29, 0.717) is 30.3 Å². The third kappa shape index (κ3) is 9.14. The second-order valence-corrected chi connectivity index (χ2v) is 8.17. The third-order valence-electron chi connectivity index (χ3n) is 5.39. The van der Waals surface area contributed by atoms with Gasteiger partial charge in [-0.1, -0.05) is 18.4 Å². The van der Waals surface area contributed by atoms with Crippen LogP contribution in [0.15, 0.2) is 79.4 Å². The van der Waals surface area contributed by atoms with Crippen LogP contribution in [-0.4, -0.2) is 32.3 Å². The summed E-state index contributed by atoms with van der Waals surface area (Å²) >= 11 is 0. The van der Waals surface area contributed by atoms with Crippen LogP contribution in [0.5, 0.6) is 17.2 Å². The Balaban J connectivity index is 1.43. The molecule has 0 bridgehead atoms. The first-order chi connectivity index (χ1) is 18.5. The van der Waals surface area contributed by atoms with Gasteiger partial charge in [0.15, 0.2) is 0 Å². The second-order valence-electron chi connectivity index (χ2n) is 8.17. The molecular formula is C31H29FO6. The van der Waals surface area contributed by atoms with Crippen molar-refractivity contribution in [1.82, 2.24) is 0 Å². The number of halogens is 1. The number of unbranched alkanes of at least 4 members (excludes halogenated alkanes) is 3. The Morgan fingerprint density at radius 2 is 1.50 bits per heavy atom. The molecule has 0 N–H and O–H groups in total. The molecule has 3 rings (SSSR count). The van der Waals surface area contributed by atoms with Crippen molar-refractivity contribution in [3.05, 3.63) is 102 Å². The van der Waals surface area contributed by atoms with Crippen molar-refractivity contribution in [2.24, 2.45) is 0 Å². The van der Waals surface area contributed by atoms with Gasteiger partial charge in [-0.25, -0.2) is 14.0 Å². The largest absolute Gasteiger partial charge is 0.497 e. The van der Waals surface area contributed by atoms with E-state index >= 15 is 0 Å². The molecule has 0 aliphatic rings. The molecule has 3 aromatic rings. The number of carbonyl (C=O) groups excluding carboxylic acids is 2. The first-order valence-corrected chi connectivity index (χ1v) is 12.2. The maximum absolute atomic E-state index is 14.5. The summed E-state index contributed by atoms with van der Waals surface area (Å²) in [6.45, 7) is 4.27. The average molecular weight is 517 g/mol. The molecule has 0 saturated heterocycles. The van der Waals surface area contributed by atoms with Crippen molar-refractivity contribution < 1.29 is 32.9 Å². The molecule has 0 aliphatic heterocycles. The Morgan fingerprint density at radius 3 is 2.16 bits per heavy atom. The maximum Gasteiger partial charge on any atom is 0.343 e. The summed E-state index contributed by atoms with van der Waals surface area (Å²) in [6, 6.07) is 17.8. The van der Waals surface area contributed by atoms with Gasteiger partial charge in [0.25, 0.3) is 0 Å². The van der Waals surface area contributed by atoms with Crippen LogP contribution in [0.2, 0.25) is 0 Å². The fourth-order valence-corrected chi connectivity index (χ4v) is 3.31. The lowest BCUT2D eigenvalue weighted by Crippen LogP contribution is -2.08.